The van der Waals surface area contributed by atoms with Crippen LogP contribution in [0.25, 0.3) is 5.69 Å². The van der Waals surface area contributed by atoms with E-state index in [1.165, 1.54) is 48.4 Å². The first-order valence-electron chi connectivity index (χ1n) is 10.0. The summed E-state index contributed by atoms with van der Waals surface area (Å²) in [6.45, 7) is 3.71. The normalized spacial score (nSPS) is 12.2. The Morgan fingerprint density at radius 1 is 1.06 bits per heavy atom. The molecule has 4 aromatic rings. The summed E-state index contributed by atoms with van der Waals surface area (Å²) in [6.07, 6.45) is 2.87. The highest BCUT2D eigenvalue weighted by Crippen LogP contribution is 2.24. The van der Waals surface area contributed by atoms with Crippen LogP contribution in [-0.4, -0.2) is 49.8 Å². The van der Waals surface area contributed by atoms with Gasteiger partial charge < -0.3 is 5.32 Å². The van der Waals surface area contributed by atoms with Crippen LogP contribution < -0.4 is 10.0 Å². The maximum Gasteiger partial charge on any atom is 0.264 e. The molecule has 0 spiro atoms. The highest BCUT2D eigenvalue weighted by molar-refractivity contribution is 8.00. The average Bonchev–Trinajstić information content (AvgIpc) is 3.28. The van der Waals surface area contributed by atoms with Gasteiger partial charge in [-0.05, 0) is 72.3 Å². The Morgan fingerprint density at radius 3 is 2.50 bits per heavy atom. The second kappa shape index (κ2) is 9.97. The predicted molar refractivity (Wildman–Crippen MR) is 127 cm³/mol. The van der Waals surface area contributed by atoms with Crippen LogP contribution in [0.4, 0.5) is 11.6 Å². The predicted octanol–water partition coefficient (Wildman–Crippen LogP) is 2.68. The molecule has 1 unspecified atom stereocenters. The second-order valence-electron chi connectivity index (χ2n) is 7.16. The summed E-state index contributed by atoms with van der Waals surface area (Å²) in [5, 5.41) is 14.5. The maximum absolute atomic E-state index is 12.7. The van der Waals surface area contributed by atoms with Crippen molar-refractivity contribution in [1.29, 1.82) is 0 Å². The molecule has 0 bridgehead atoms. The van der Waals surface area contributed by atoms with Gasteiger partial charge in [0.1, 0.15) is 0 Å². The first-order chi connectivity index (χ1) is 16.3. The molecular formula is C21H20N8O3S2. The molecule has 0 radical (unpaired) electrons. The van der Waals surface area contributed by atoms with Gasteiger partial charge in [0.05, 0.1) is 15.8 Å². The lowest BCUT2D eigenvalue weighted by Gasteiger charge is -2.12. The van der Waals surface area contributed by atoms with Crippen LogP contribution in [0.2, 0.25) is 0 Å². The molecule has 11 nitrogen and oxygen atoms in total. The number of thioether (sulfide) groups is 1. The van der Waals surface area contributed by atoms with Crippen LogP contribution in [0.3, 0.4) is 0 Å². The van der Waals surface area contributed by atoms with E-state index in [1.54, 1.807) is 17.7 Å². The molecule has 4 rings (SSSR count). The largest absolute Gasteiger partial charge is 0.325 e. The average molecular weight is 497 g/mol. The summed E-state index contributed by atoms with van der Waals surface area (Å²) >= 11 is 1.21. The van der Waals surface area contributed by atoms with Gasteiger partial charge in [-0.3, -0.25) is 4.79 Å². The lowest BCUT2D eigenvalue weighted by atomic mass is 10.2. The second-order valence-corrected chi connectivity index (χ2v) is 10.2. The highest BCUT2D eigenvalue weighted by Gasteiger charge is 2.20. The van der Waals surface area contributed by atoms with Gasteiger partial charge >= 0.3 is 0 Å². The van der Waals surface area contributed by atoms with E-state index in [-0.39, 0.29) is 16.8 Å². The number of carbonyl (C=O) groups is 1. The van der Waals surface area contributed by atoms with E-state index in [2.05, 4.69) is 35.5 Å². The molecule has 0 aliphatic rings. The van der Waals surface area contributed by atoms with E-state index in [1.807, 2.05) is 31.2 Å². The number of hydrogen-bond acceptors (Lipinski definition) is 9. The zero-order valence-corrected chi connectivity index (χ0v) is 19.8. The molecule has 0 aliphatic heterocycles. The molecule has 0 aliphatic carbocycles. The van der Waals surface area contributed by atoms with Crippen molar-refractivity contribution in [1.82, 2.24) is 30.2 Å². The molecule has 13 heteroatoms. The Hall–Kier alpha value is -3.84. The minimum Gasteiger partial charge on any atom is -0.325 e. The van der Waals surface area contributed by atoms with Crippen molar-refractivity contribution in [3.8, 4) is 5.69 Å². The van der Waals surface area contributed by atoms with Crippen molar-refractivity contribution in [2.24, 2.45) is 0 Å². The maximum atomic E-state index is 12.7. The summed E-state index contributed by atoms with van der Waals surface area (Å²) in [5.41, 5.74) is 2.31. The van der Waals surface area contributed by atoms with E-state index in [4.69, 9.17) is 0 Å². The monoisotopic (exact) mass is 496 g/mol. The van der Waals surface area contributed by atoms with Gasteiger partial charge in [-0.1, -0.05) is 23.9 Å². The topological polar surface area (TPSA) is 145 Å². The molecule has 0 saturated heterocycles. The number of benzene rings is 2. The van der Waals surface area contributed by atoms with Crippen LogP contribution >= 0.6 is 11.8 Å². The number of aryl methyl sites for hydroxylation is 1. The molecule has 174 valence electrons. The summed E-state index contributed by atoms with van der Waals surface area (Å²) in [4.78, 5) is 20.4. The standard InChI is InChI=1S/C21H20N8O3S2/c1-14-5-3-6-17(13-14)29-21(25-27-28-29)33-15(2)19(30)24-16-7-9-18(10-8-16)34(31,32)26-20-22-11-4-12-23-20/h3-13,15H,1-2H3,(H,24,30)(H,22,23,26). The van der Waals surface area contributed by atoms with Crippen LogP contribution in [0, 0.1) is 6.92 Å². The molecule has 2 heterocycles. The smallest absolute Gasteiger partial charge is 0.264 e. The van der Waals surface area contributed by atoms with Crippen molar-refractivity contribution in [3.05, 3.63) is 72.6 Å². The molecule has 2 aromatic carbocycles. The van der Waals surface area contributed by atoms with Crippen LogP contribution in [0.1, 0.15) is 12.5 Å². The molecule has 1 atom stereocenters. The minimum atomic E-state index is -3.86. The number of rotatable bonds is 8. The van der Waals surface area contributed by atoms with Gasteiger partial charge in [-0.15, -0.1) is 5.10 Å². The Bertz CT molecular complexity index is 1390. The number of anilines is 2. The number of aromatic nitrogens is 6. The van der Waals surface area contributed by atoms with E-state index in [9.17, 15) is 13.2 Å². The number of amides is 1. The Balaban J connectivity index is 1.40. The molecule has 2 aromatic heterocycles. The number of sulfonamides is 1. The van der Waals surface area contributed by atoms with Crippen LogP contribution in [-0.2, 0) is 14.8 Å². The third-order valence-electron chi connectivity index (χ3n) is 4.56. The fraction of sp³-hybridized carbons (Fsp3) is 0.143. The van der Waals surface area contributed by atoms with Crippen molar-refractivity contribution >= 4 is 39.3 Å². The van der Waals surface area contributed by atoms with Crippen molar-refractivity contribution in [2.75, 3.05) is 10.0 Å². The minimum absolute atomic E-state index is 0.0118. The van der Waals surface area contributed by atoms with Gasteiger partial charge in [0.15, 0.2) is 0 Å². The SMILES string of the molecule is Cc1cccc(-n2nnnc2SC(C)C(=O)Nc2ccc(S(=O)(=O)Nc3ncccn3)cc2)c1. The van der Waals surface area contributed by atoms with E-state index in [0.717, 1.165) is 11.3 Å². The summed E-state index contributed by atoms with van der Waals surface area (Å²) in [7, 11) is -3.86. The fourth-order valence-electron chi connectivity index (χ4n) is 2.88. The third-order valence-corrected chi connectivity index (χ3v) is 6.94. The quantitative estimate of drug-likeness (QED) is 0.352. The van der Waals surface area contributed by atoms with Gasteiger partial charge in [0.2, 0.25) is 17.0 Å². The van der Waals surface area contributed by atoms with Gasteiger partial charge in [0, 0.05) is 18.1 Å². The van der Waals surface area contributed by atoms with Crippen molar-refractivity contribution < 1.29 is 13.2 Å². The molecule has 0 fully saturated rings. The molecule has 0 saturated carbocycles. The van der Waals surface area contributed by atoms with Crippen LogP contribution in [0.5, 0.6) is 0 Å². The Labute approximate surface area is 200 Å². The number of hydrogen-bond donors (Lipinski definition) is 2. The third kappa shape index (κ3) is 5.55. The molecule has 1 amide bonds. The number of tetrazole rings is 1. The number of carbonyl (C=O) groups excluding carboxylic acids is 1. The summed E-state index contributed by atoms with van der Waals surface area (Å²) in [6, 6.07) is 15.1. The van der Waals surface area contributed by atoms with Crippen LogP contribution in [0.15, 0.2) is 77.0 Å². The fourth-order valence-corrected chi connectivity index (χ4v) is 4.64. The summed E-state index contributed by atoms with van der Waals surface area (Å²) < 4.78 is 28.8. The van der Waals surface area contributed by atoms with E-state index in [0.29, 0.717) is 10.8 Å². The first kappa shape index (κ1) is 23.3. The number of nitrogens with one attached hydrogen (secondary N) is 2. The molecular weight excluding hydrogens is 476 g/mol. The van der Waals surface area contributed by atoms with E-state index < -0.39 is 15.3 Å². The molecule has 34 heavy (non-hydrogen) atoms. The first-order valence-corrected chi connectivity index (χ1v) is 12.4. The Kier molecular flexibility index (Phi) is 6.84. The zero-order chi connectivity index (χ0) is 24.1. The lowest BCUT2D eigenvalue weighted by Crippen LogP contribution is -2.23. The summed E-state index contributed by atoms with van der Waals surface area (Å²) in [5.74, 6) is -0.311. The van der Waals surface area contributed by atoms with E-state index >= 15 is 0 Å². The van der Waals surface area contributed by atoms with Gasteiger partial charge in [-0.2, -0.15) is 4.68 Å². The zero-order valence-electron chi connectivity index (χ0n) is 18.2. The van der Waals surface area contributed by atoms with Crippen molar-refractivity contribution in [2.45, 2.75) is 29.1 Å². The Morgan fingerprint density at radius 2 is 1.79 bits per heavy atom. The van der Waals surface area contributed by atoms with Crippen molar-refractivity contribution in [3.63, 3.8) is 0 Å². The lowest BCUT2D eigenvalue weighted by molar-refractivity contribution is -0.115. The van der Waals surface area contributed by atoms with Gasteiger partial charge in [-0.25, -0.2) is 23.1 Å². The number of nitrogens with zero attached hydrogens (tertiary/aromatic N) is 6. The highest BCUT2D eigenvalue weighted by atomic mass is 32.2. The molecule has 2 N–H and O–H groups in total. The van der Waals surface area contributed by atoms with Gasteiger partial charge in [0.25, 0.3) is 10.0 Å².